The molecular formula is C16H13ClN4O. The monoisotopic (exact) mass is 312 g/mol. The van der Waals surface area contributed by atoms with E-state index in [2.05, 4.69) is 10.5 Å². The van der Waals surface area contributed by atoms with E-state index in [1.165, 1.54) is 0 Å². The molecule has 0 saturated heterocycles. The van der Waals surface area contributed by atoms with E-state index in [-0.39, 0.29) is 11.9 Å². The average molecular weight is 313 g/mol. The van der Waals surface area contributed by atoms with Crippen molar-refractivity contribution in [3.05, 3.63) is 59.1 Å². The van der Waals surface area contributed by atoms with Gasteiger partial charge in [-0.2, -0.15) is 5.10 Å². The summed E-state index contributed by atoms with van der Waals surface area (Å²) >= 11 is 5.98. The number of benzene rings is 2. The van der Waals surface area contributed by atoms with Crippen LogP contribution >= 0.6 is 11.6 Å². The standard InChI is InChI=1S/C16H13ClN4O/c17-9-5-7-10(8-6-9)21-12-4-2-1-3-11(12)14(22)13-15(18)19-20-16(13)21/h1-8,13,16,20H,(H2,18,19). The van der Waals surface area contributed by atoms with Crippen LogP contribution < -0.4 is 16.1 Å². The van der Waals surface area contributed by atoms with Crippen LogP contribution in [-0.4, -0.2) is 17.8 Å². The minimum Gasteiger partial charge on any atom is -0.385 e. The van der Waals surface area contributed by atoms with Crippen LogP contribution in [0.4, 0.5) is 11.4 Å². The van der Waals surface area contributed by atoms with Crippen LogP contribution in [0.3, 0.4) is 0 Å². The van der Waals surface area contributed by atoms with E-state index in [1.807, 2.05) is 53.4 Å². The van der Waals surface area contributed by atoms with Crippen molar-refractivity contribution in [3.63, 3.8) is 0 Å². The fraction of sp³-hybridized carbons (Fsp3) is 0.125. The molecule has 3 N–H and O–H groups in total. The largest absolute Gasteiger partial charge is 0.385 e. The molecule has 2 heterocycles. The quantitative estimate of drug-likeness (QED) is 0.848. The van der Waals surface area contributed by atoms with Gasteiger partial charge in [-0.3, -0.25) is 10.2 Å². The zero-order valence-electron chi connectivity index (χ0n) is 11.5. The fourth-order valence-electron chi connectivity index (χ4n) is 3.04. The first kappa shape index (κ1) is 13.2. The van der Waals surface area contributed by atoms with Gasteiger partial charge in [0.15, 0.2) is 5.78 Å². The molecule has 0 amide bonds. The Morgan fingerprint density at radius 2 is 1.86 bits per heavy atom. The predicted molar refractivity (Wildman–Crippen MR) is 86.4 cm³/mol. The summed E-state index contributed by atoms with van der Waals surface area (Å²) in [5, 5.41) is 4.73. The number of nitrogens with zero attached hydrogens (tertiary/aromatic N) is 2. The van der Waals surface area contributed by atoms with E-state index in [4.69, 9.17) is 17.3 Å². The van der Waals surface area contributed by atoms with Crippen molar-refractivity contribution in [2.45, 2.75) is 6.17 Å². The highest BCUT2D eigenvalue weighted by Gasteiger charge is 2.46. The zero-order chi connectivity index (χ0) is 15.3. The van der Waals surface area contributed by atoms with Gasteiger partial charge in [-0.15, -0.1) is 0 Å². The molecule has 0 bridgehead atoms. The highest BCUT2D eigenvalue weighted by molar-refractivity contribution is 6.30. The zero-order valence-corrected chi connectivity index (χ0v) is 12.3. The first-order valence-electron chi connectivity index (χ1n) is 6.93. The van der Waals surface area contributed by atoms with Crippen molar-refractivity contribution in [1.29, 1.82) is 0 Å². The Morgan fingerprint density at radius 1 is 1.14 bits per heavy atom. The molecule has 6 heteroatoms. The SMILES string of the molecule is NC1=NNC2C1C(=O)c1ccccc1N2c1ccc(Cl)cc1. The van der Waals surface area contributed by atoms with Crippen molar-refractivity contribution < 1.29 is 4.79 Å². The minimum absolute atomic E-state index is 0.00272. The summed E-state index contributed by atoms with van der Waals surface area (Å²) in [7, 11) is 0. The Bertz CT molecular complexity index is 787. The first-order valence-corrected chi connectivity index (χ1v) is 7.31. The molecule has 0 saturated carbocycles. The number of hydrogen-bond donors (Lipinski definition) is 2. The number of fused-ring (bicyclic) bond motifs is 2. The molecule has 4 rings (SSSR count). The Hall–Kier alpha value is -2.53. The molecule has 22 heavy (non-hydrogen) atoms. The number of nitrogens with one attached hydrogen (secondary N) is 1. The average Bonchev–Trinajstić information content (AvgIpc) is 2.91. The molecule has 5 nitrogen and oxygen atoms in total. The third kappa shape index (κ3) is 1.79. The molecule has 2 aliphatic rings. The van der Waals surface area contributed by atoms with E-state index in [0.29, 0.717) is 16.4 Å². The molecule has 2 aromatic rings. The summed E-state index contributed by atoms with van der Waals surface area (Å²) in [6.07, 6.45) is -0.316. The van der Waals surface area contributed by atoms with Gasteiger partial charge in [0.2, 0.25) is 0 Å². The Kier molecular flexibility index (Phi) is 2.84. The van der Waals surface area contributed by atoms with E-state index in [0.717, 1.165) is 11.4 Å². The van der Waals surface area contributed by atoms with Crippen LogP contribution in [-0.2, 0) is 0 Å². The van der Waals surface area contributed by atoms with Crippen LogP contribution in [0, 0.1) is 5.92 Å². The number of hydrazone groups is 1. The number of para-hydroxylation sites is 1. The highest BCUT2D eigenvalue weighted by atomic mass is 35.5. The molecule has 2 aromatic carbocycles. The van der Waals surface area contributed by atoms with Crippen LogP contribution in [0.2, 0.25) is 5.02 Å². The molecule has 2 atom stereocenters. The summed E-state index contributed by atoms with van der Waals surface area (Å²) in [6, 6.07) is 15.0. The number of amidine groups is 1. The first-order chi connectivity index (χ1) is 10.7. The second-order valence-corrected chi connectivity index (χ2v) is 5.75. The van der Waals surface area contributed by atoms with Crippen LogP contribution in [0.1, 0.15) is 10.4 Å². The number of rotatable bonds is 1. The van der Waals surface area contributed by atoms with E-state index in [9.17, 15) is 4.79 Å². The van der Waals surface area contributed by atoms with Crippen molar-refractivity contribution in [2.24, 2.45) is 16.8 Å². The number of carbonyl (C=O) groups excluding carboxylic acids is 1. The van der Waals surface area contributed by atoms with Crippen molar-refractivity contribution in [3.8, 4) is 0 Å². The van der Waals surface area contributed by atoms with Crippen molar-refractivity contribution in [1.82, 2.24) is 5.43 Å². The molecule has 0 aromatic heterocycles. The summed E-state index contributed by atoms with van der Waals surface area (Å²) in [5.41, 5.74) is 11.3. The number of Topliss-reactive ketones (excluding diaryl/α,β-unsaturated/α-hetero) is 1. The molecule has 0 aliphatic carbocycles. The Balaban J connectivity index is 1.90. The third-order valence-corrected chi connectivity index (χ3v) is 4.31. The molecule has 0 spiro atoms. The smallest absolute Gasteiger partial charge is 0.179 e. The van der Waals surface area contributed by atoms with Crippen molar-refractivity contribution >= 4 is 34.6 Å². The van der Waals surface area contributed by atoms with Gasteiger partial charge < -0.3 is 10.6 Å². The summed E-state index contributed by atoms with van der Waals surface area (Å²) < 4.78 is 0. The number of ketones is 1. The van der Waals surface area contributed by atoms with E-state index >= 15 is 0 Å². The van der Waals surface area contributed by atoms with Crippen LogP contribution in [0.25, 0.3) is 0 Å². The number of anilines is 2. The number of carbonyl (C=O) groups is 1. The van der Waals surface area contributed by atoms with Gasteiger partial charge in [-0.25, -0.2) is 0 Å². The number of halogens is 1. The molecule has 2 aliphatic heterocycles. The van der Waals surface area contributed by atoms with Gasteiger partial charge in [0.25, 0.3) is 0 Å². The van der Waals surface area contributed by atoms with Gasteiger partial charge in [-0.05, 0) is 36.4 Å². The van der Waals surface area contributed by atoms with Gasteiger partial charge >= 0.3 is 0 Å². The number of hydrogen-bond acceptors (Lipinski definition) is 5. The summed E-state index contributed by atoms with van der Waals surface area (Å²) in [5.74, 6) is -0.161. The Labute approximate surface area is 132 Å². The second kappa shape index (κ2) is 4.74. The topological polar surface area (TPSA) is 70.7 Å². The highest BCUT2D eigenvalue weighted by Crippen LogP contribution is 2.40. The van der Waals surface area contributed by atoms with Crippen LogP contribution in [0.5, 0.6) is 0 Å². The molecule has 0 radical (unpaired) electrons. The second-order valence-electron chi connectivity index (χ2n) is 5.32. The fourth-order valence-corrected chi connectivity index (χ4v) is 3.17. The normalized spacial score (nSPS) is 22.7. The van der Waals surface area contributed by atoms with E-state index < -0.39 is 5.92 Å². The molecule has 110 valence electrons. The van der Waals surface area contributed by atoms with Gasteiger partial charge in [0.1, 0.15) is 17.9 Å². The lowest BCUT2D eigenvalue weighted by Gasteiger charge is -2.38. The molecular weight excluding hydrogens is 300 g/mol. The van der Waals surface area contributed by atoms with Crippen LogP contribution in [0.15, 0.2) is 53.6 Å². The maximum Gasteiger partial charge on any atom is 0.179 e. The van der Waals surface area contributed by atoms with Crippen molar-refractivity contribution in [2.75, 3.05) is 4.90 Å². The lowest BCUT2D eigenvalue weighted by molar-refractivity contribution is 0.0933. The predicted octanol–water partition coefficient (Wildman–Crippen LogP) is 2.49. The maximum atomic E-state index is 12.7. The maximum absolute atomic E-state index is 12.7. The summed E-state index contributed by atoms with van der Waals surface area (Å²) in [6.45, 7) is 0. The summed E-state index contributed by atoms with van der Waals surface area (Å²) in [4.78, 5) is 14.7. The van der Waals surface area contributed by atoms with Gasteiger partial charge in [-0.1, -0.05) is 23.7 Å². The lowest BCUT2D eigenvalue weighted by atomic mass is 9.87. The third-order valence-electron chi connectivity index (χ3n) is 4.05. The minimum atomic E-state index is -0.481. The lowest BCUT2D eigenvalue weighted by Crippen LogP contribution is -2.52. The van der Waals surface area contributed by atoms with Gasteiger partial charge in [0.05, 0.1) is 5.69 Å². The Morgan fingerprint density at radius 3 is 2.64 bits per heavy atom. The number of nitrogens with two attached hydrogens (primary N) is 1. The molecule has 0 fully saturated rings. The van der Waals surface area contributed by atoms with Gasteiger partial charge in [0, 0.05) is 16.3 Å². The van der Waals surface area contributed by atoms with E-state index in [1.54, 1.807) is 0 Å². The molecule has 2 unspecified atom stereocenters.